The van der Waals surface area contributed by atoms with Crippen LogP contribution in [0.1, 0.15) is 12.5 Å². The zero-order chi connectivity index (χ0) is 11.5. The zero-order valence-electron chi connectivity index (χ0n) is 9.36. The first kappa shape index (κ1) is 10.6. The summed E-state index contributed by atoms with van der Waals surface area (Å²) >= 11 is 0. The van der Waals surface area contributed by atoms with Crippen LogP contribution in [0.5, 0.6) is 5.88 Å². The second-order valence-electron chi connectivity index (χ2n) is 3.72. The van der Waals surface area contributed by atoms with E-state index < -0.39 is 0 Å². The van der Waals surface area contributed by atoms with Crippen LogP contribution >= 0.6 is 0 Å². The van der Waals surface area contributed by atoms with Crippen molar-refractivity contribution in [2.24, 2.45) is 0 Å². The molecule has 0 aliphatic carbocycles. The lowest BCUT2D eigenvalue weighted by atomic mass is 10.0. The molecule has 2 aromatic rings. The van der Waals surface area contributed by atoms with Gasteiger partial charge in [-0.1, -0.05) is 18.2 Å². The lowest BCUT2D eigenvalue weighted by Gasteiger charge is -2.07. The summed E-state index contributed by atoms with van der Waals surface area (Å²) < 4.78 is 5.19. The topological polar surface area (TPSA) is 39.2 Å². The Labute approximate surface area is 94.1 Å². The molecular formula is C13H13NO2. The average Bonchev–Trinajstić information content (AvgIpc) is 2.29. The summed E-state index contributed by atoms with van der Waals surface area (Å²) in [6.07, 6.45) is 2.13. The molecule has 3 nitrogen and oxygen atoms in total. The van der Waals surface area contributed by atoms with Crippen LogP contribution in [0.15, 0.2) is 30.5 Å². The van der Waals surface area contributed by atoms with Crippen molar-refractivity contribution in [3.8, 4) is 5.88 Å². The number of rotatable bonds is 3. The van der Waals surface area contributed by atoms with Gasteiger partial charge in [0.25, 0.3) is 0 Å². The SMILES string of the molecule is COc1ncc(CC(C)=O)c2ccccc12. The van der Waals surface area contributed by atoms with Crippen LogP contribution < -0.4 is 4.74 Å². The number of aromatic nitrogens is 1. The fraction of sp³-hybridized carbons (Fsp3) is 0.231. The zero-order valence-corrected chi connectivity index (χ0v) is 9.36. The minimum atomic E-state index is 0.136. The number of ketones is 1. The third-order valence-corrected chi connectivity index (χ3v) is 2.47. The summed E-state index contributed by atoms with van der Waals surface area (Å²) in [5.74, 6) is 0.736. The van der Waals surface area contributed by atoms with E-state index in [-0.39, 0.29) is 5.78 Å². The quantitative estimate of drug-likeness (QED) is 0.789. The molecule has 82 valence electrons. The van der Waals surface area contributed by atoms with Crippen LogP contribution in [-0.2, 0) is 11.2 Å². The highest BCUT2D eigenvalue weighted by atomic mass is 16.5. The second-order valence-corrected chi connectivity index (χ2v) is 3.72. The van der Waals surface area contributed by atoms with Crippen molar-refractivity contribution in [1.29, 1.82) is 0 Å². The van der Waals surface area contributed by atoms with E-state index in [0.717, 1.165) is 16.3 Å². The molecule has 3 heteroatoms. The summed E-state index contributed by atoms with van der Waals surface area (Å²) in [6, 6.07) is 7.82. The highest BCUT2D eigenvalue weighted by molar-refractivity contribution is 5.92. The van der Waals surface area contributed by atoms with E-state index in [2.05, 4.69) is 4.98 Å². The number of methoxy groups -OCH3 is 1. The van der Waals surface area contributed by atoms with E-state index in [0.29, 0.717) is 12.3 Å². The molecule has 0 N–H and O–H groups in total. The van der Waals surface area contributed by atoms with Crippen molar-refractivity contribution in [1.82, 2.24) is 4.98 Å². The van der Waals surface area contributed by atoms with Crippen molar-refractivity contribution in [2.45, 2.75) is 13.3 Å². The van der Waals surface area contributed by atoms with Crippen LogP contribution in [-0.4, -0.2) is 17.9 Å². The van der Waals surface area contributed by atoms with Crippen molar-refractivity contribution < 1.29 is 9.53 Å². The molecule has 0 aliphatic rings. The Morgan fingerprint density at radius 3 is 2.62 bits per heavy atom. The predicted molar refractivity (Wildman–Crippen MR) is 62.7 cm³/mol. The molecular weight excluding hydrogens is 202 g/mol. The van der Waals surface area contributed by atoms with Crippen molar-refractivity contribution in [3.05, 3.63) is 36.0 Å². The first-order chi connectivity index (χ1) is 7.72. The summed E-state index contributed by atoms with van der Waals surface area (Å²) in [4.78, 5) is 15.4. The fourth-order valence-corrected chi connectivity index (χ4v) is 1.80. The maximum absolute atomic E-state index is 11.2. The van der Waals surface area contributed by atoms with E-state index in [4.69, 9.17) is 4.74 Å². The van der Waals surface area contributed by atoms with E-state index in [1.165, 1.54) is 0 Å². The van der Waals surface area contributed by atoms with Crippen LogP contribution in [0, 0.1) is 0 Å². The van der Waals surface area contributed by atoms with Gasteiger partial charge < -0.3 is 4.74 Å². The van der Waals surface area contributed by atoms with Gasteiger partial charge in [0.2, 0.25) is 5.88 Å². The van der Waals surface area contributed by atoms with Gasteiger partial charge in [-0.25, -0.2) is 4.98 Å². The molecule has 0 aliphatic heterocycles. The molecule has 0 radical (unpaired) electrons. The molecule has 16 heavy (non-hydrogen) atoms. The minimum Gasteiger partial charge on any atom is -0.481 e. The molecule has 1 heterocycles. The first-order valence-electron chi connectivity index (χ1n) is 5.12. The molecule has 0 amide bonds. The smallest absolute Gasteiger partial charge is 0.221 e. The monoisotopic (exact) mass is 215 g/mol. The van der Waals surface area contributed by atoms with E-state index >= 15 is 0 Å². The maximum atomic E-state index is 11.2. The molecule has 0 bridgehead atoms. The third-order valence-electron chi connectivity index (χ3n) is 2.47. The number of carbonyl (C=O) groups is 1. The number of hydrogen-bond donors (Lipinski definition) is 0. The Morgan fingerprint density at radius 2 is 2.00 bits per heavy atom. The lowest BCUT2D eigenvalue weighted by Crippen LogP contribution is -1.99. The summed E-state index contributed by atoms with van der Waals surface area (Å²) in [5, 5.41) is 1.98. The summed E-state index contributed by atoms with van der Waals surface area (Å²) in [5.41, 5.74) is 0.948. The number of hydrogen-bond acceptors (Lipinski definition) is 3. The standard InChI is InChI=1S/C13H13NO2/c1-9(15)7-10-8-14-13(16-2)12-6-4-3-5-11(10)12/h3-6,8H,7H2,1-2H3. The fourth-order valence-electron chi connectivity index (χ4n) is 1.80. The molecule has 0 fully saturated rings. The van der Waals surface area contributed by atoms with Crippen molar-refractivity contribution in [3.63, 3.8) is 0 Å². The third kappa shape index (κ3) is 1.89. The largest absolute Gasteiger partial charge is 0.481 e. The molecule has 2 rings (SSSR count). The molecule has 1 aromatic carbocycles. The summed E-state index contributed by atoms with van der Waals surface area (Å²) in [7, 11) is 1.60. The minimum absolute atomic E-state index is 0.136. The van der Waals surface area contributed by atoms with Gasteiger partial charge in [0, 0.05) is 18.0 Å². The normalized spacial score (nSPS) is 10.4. The van der Waals surface area contributed by atoms with Gasteiger partial charge in [0.15, 0.2) is 0 Å². The van der Waals surface area contributed by atoms with E-state index in [1.807, 2.05) is 24.3 Å². The van der Waals surface area contributed by atoms with Crippen LogP contribution in [0.2, 0.25) is 0 Å². The van der Waals surface area contributed by atoms with E-state index in [9.17, 15) is 4.79 Å². The van der Waals surface area contributed by atoms with Crippen LogP contribution in [0.4, 0.5) is 0 Å². The second kappa shape index (κ2) is 4.31. The van der Waals surface area contributed by atoms with Gasteiger partial charge in [0.1, 0.15) is 5.78 Å². The van der Waals surface area contributed by atoms with Gasteiger partial charge >= 0.3 is 0 Å². The Hall–Kier alpha value is -1.90. The highest BCUT2D eigenvalue weighted by Crippen LogP contribution is 2.25. The Morgan fingerprint density at radius 1 is 1.31 bits per heavy atom. The molecule has 0 saturated carbocycles. The van der Waals surface area contributed by atoms with Crippen LogP contribution in [0.3, 0.4) is 0 Å². The van der Waals surface area contributed by atoms with Gasteiger partial charge in [-0.15, -0.1) is 0 Å². The maximum Gasteiger partial charge on any atom is 0.221 e. The van der Waals surface area contributed by atoms with Gasteiger partial charge in [0.05, 0.1) is 7.11 Å². The molecule has 0 spiro atoms. The first-order valence-corrected chi connectivity index (χ1v) is 5.12. The molecule has 0 atom stereocenters. The number of pyridine rings is 1. The lowest BCUT2D eigenvalue weighted by molar-refractivity contribution is -0.116. The Balaban J connectivity index is 2.64. The number of fused-ring (bicyclic) bond motifs is 1. The molecule has 1 aromatic heterocycles. The summed E-state index contributed by atoms with van der Waals surface area (Å²) in [6.45, 7) is 1.58. The van der Waals surface area contributed by atoms with Crippen molar-refractivity contribution >= 4 is 16.6 Å². The van der Waals surface area contributed by atoms with Gasteiger partial charge in [-0.2, -0.15) is 0 Å². The number of nitrogens with zero attached hydrogens (tertiary/aromatic N) is 1. The number of Topliss-reactive ketones (excluding diaryl/α,β-unsaturated/α-hetero) is 1. The van der Waals surface area contributed by atoms with Gasteiger partial charge in [-0.05, 0) is 23.9 Å². The number of benzene rings is 1. The number of ether oxygens (including phenoxy) is 1. The Kier molecular flexibility index (Phi) is 2.86. The predicted octanol–water partition coefficient (Wildman–Crippen LogP) is 2.37. The van der Waals surface area contributed by atoms with E-state index in [1.54, 1.807) is 20.2 Å². The van der Waals surface area contributed by atoms with Gasteiger partial charge in [-0.3, -0.25) is 4.79 Å². The average molecular weight is 215 g/mol. The van der Waals surface area contributed by atoms with Crippen molar-refractivity contribution in [2.75, 3.05) is 7.11 Å². The Bertz CT molecular complexity index is 534. The molecule has 0 unspecified atom stereocenters. The number of carbonyl (C=O) groups excluding carboxylic acids is 1. The van der Waals surface area contributed by atoms with Crippen LogP contribution in [0.25, 0.3) is 10.8 Å². The highest BCUT2D eigenvalue weighted by Gasteiger charge is 2.08. The molecule has 0 saturated heterocycles.